The van der Waals surface area contributed by atoms with Crippen molar-refractivity contribution < 1.29 is 19.6 Å². The van der Waals surface area contributed by atoms with Crippen molar-refractivity contribution in [3.63, 3.8) is 0 Å². The molecule has 0 amide bonds. The van der Waals surface area contributed by atoms with E-state index in [1.54, 1.807) is 0 Å². The molecular formula is C6H7N3O7. The maximum Gasteiger partial charge on any atom is 0.284 e. The van der Waals surface area contributed by atoms with Crippen LogP contribution in [0.25, 0.3) is 0 Å². The predicted molar refractivity (Wildman–Crippen MR) is 46.6 cm³/mol. The lowest BCUT2D eigenvalue weighted by Crippen LogP contribution is -2.51. The summed E-state index contributed by atoms with van der Waals surface area (Å²) in [6, 6.07) is -5.11. The van der Waals surface area contributed by atoms with Crippen molar-refractivity contribution in [1.29, 1.82) is 0 Å². The second kappa shape index (κ2) is 4.16. The normalized spacial score (nSPS) is 29.8. The molecule has 1 fully saturated rings. The van der Waals surface area contributed by atoms with E-state index < -0.39 is 51.5 Å². The summed E-state index contributed by atoms with van der Waals surface area (Å²) in [7, 11) is 0. The summed E-state index contributed by atoms with van der Waals surface area (Å²) in [5.41, 5.74) is 0. The maximum atomic E-state index is 11.3. The molecule has 0 aliphatic heterocycles. The largest absolute Gasteiger partial charge is 0.284 e. The van der Waals surface area contributed by atoms with E-state index in [-0.39, 0.29) is 0 Å². The first-order valence-corrected chi connectivity index (χ1v) is 4.28. The van der Waals surface area contributed by atoms with E-state index in [0.29, 0.717) is 0 Å². The number of Topliss-reactive ketones (excluding diaryl/α,β-unsaturated/α-hetero) is 1. The maximum absolute atomic E-state index is 11.3. The fraction of sp³-hybridized carbons (Fsp3) is 0.833. The summed E-state index contributed by atoms with van der Waals surface area (Å²) < 4.78 is 0. The molecular weight excluding hydrogens is 226 g/mol. The summed E-state index contributed by atoms with van der Waals surface area (Å²) >= 11 is 0. The number of nitro groups is 3. The second-order valence-electron chi connectivity index (χ2n) is 3.42. The number of hydrogen-bond donors (Lipinski definition) is 0. The molecule has 0 aromatic rings. The van der Waals surface area contributed by atoms with Gasteiger partial charge in [-0.3, -0.25) is 35.1 Å². The number of rotatable bonds is 3. The van der Waals surface area contributed by atoms with Crippen LogP contribution >= 0.6 is 0 Å². The van der Waals surface area contributed by atoms with Gasteiger partial charge in [-0.2, -0.15) is 0 Å². The van der Waals surface area contributed by atoms with E-state index >= 15 is 0 Å². The third-order valence-electron chi connectivity index (χ3n) is 2.45. The molecule has 1 aliphatic rings. The Hall–Kier alpha value is -2.13. The minimum Gasteiger partial charge on any atom is -0.284 e. The van der Waals surface area contributed by atoms with Gasteiger partial charge in [0, 0.05) is 14.8 Å². The average molecular weight is 233 g/mol. The molecule has 10 nitrogen and oxygen atoms in total. The van der Waals surface area contributed by atoms with Crippen molar-refractivity contribution in [2.45, 2.75) is 31.0 Å². The molecule has 0 bridgehead atoms. The molecule has 0 radical (unpaired) electrons. The van der Waals surface area contributed by atoms with Crippen molar-refractivity contribution in [2.24, 2.45) is 0 Å². The summed E-state index contributed by atoms with van der Waals surface area (Å²) in [4.78, 5) is 39.8. The minimum absolute atomic E-state index is 0.580. The zero-order chi connectivity index (χ0) is 12.5. The first kappa shape index (κ1) is 11.9. The fourth-order valence-electron chi connectivity index (χ4n) is 1.62. The van der Waals surface area contributed by atoms with Gasteiger partial charge in [-0.15, -0.1) is 0 Å². The van der Waals surface area contributed by atoms with Crippen molar-refractivity contribution in [1.82, 2.24) is 0 Å². The molecule has 0 spiro atoms. The van der Waals surface area contributed by atoms with Crippen LogP contribution in [-0.4, -0.2) is 38.7 Å². The van der Waals surface area contributed by atoms with Crippen LogP contribution in [-0.2, 0) is 4.79 Å². The molecule has 1 aliphatic carbocycles. The van der Waals surface area contributed by atoms with E-state index in [2.05, 4.69) is 0 Å². The Balaban J connectivity index is 2.97. The molecule has 2 unspecified atom stereocenters. The second-order valence-corrected chi connectivity index (χ2v) is 3.42. The Morgan fingerprint density at radius 2 is 1.25 bits per heavy atom. The molecule has 0 aromatic heterocycles. The van der Waals surface area contributed by atoms with Gasteiger partial charge >= 0.3 is 0 Å². The topological polar surface area (TPSA) is 146 Å². The van der Waals surface area contributed by atoms with E-state index in [9.17, 15) is 35.1 Å². The highest BCUT2D eigenvalue weighted by atomic mass is 16.6. The predicted octanol–water partition coefficient (Wildman–Crippen LogP) is -0.715. The van der Waals surface area contributed by atoms with Crippen LogP contribution in [0.5, 0.6) is 0 Å². The van der Waals surface area contributed by atoms with Crippen LogP contribution in [0.2, 0.25) is 0 Å². The Labute approximate surface area is 87.7 Å². The zero-order valence-electron chi connectivity index (χ0n) is 7.85. The first-order chi connectivity index (χ1) is 7.34. The summed E-state index contributed by atoms with van der Waals surface area (Å²) in [5, 5.41) is 31.3. The average Bonchev–Trinajstić information content (AvgIpc) is 2.16. The quantitative estimate of drug-likeness (QED) is 0.461. The van der Waals surface area contributed by atoms with Gasteiger partial charge in [0.1, 0.15) is 0 Å². The number of carbonyl (C=O) groups is 1. The molecule has 0 heterocycles. The number of hydrogen-bond acceptors (Lipinski definition) is 7. The lowest BCUT2D eigenvalue weighted by atomic mass is 9.87. The summed E-state index contributed by atoms with van der Waals surface area (Å²) in [6.07, 6.45) is -1.16. The molecule has 1 saturated carbocycles. The van der Waals surface area contributed by atoms with E-state index in [0.717, 1.165) is 0 Å². The van der Waals surface area contributed by atoms with Crippen molar-refractivity contribution >= 4 is 5.78 Å². The van der Waals surface area contributed by atoms with Crippen molar-refractivity contribution in [3.05, 3.63) is 30.3 Å². The third-order valence-corrected chi connectivity index (χ3v) is 2.45. The molecule has 16 heavy (non-hydrogen) atoms. The summed E-state index contributed by atoms with van der Waals surface area (Å²) in [5.74, 6) is -1.16. The molecule has 10 heteroatoms. The molecule has 2 atom stereocenters. The van der Waals surface area contributed by atoms with E-state index in [1.807, 2.05) is 0 Å². The van der Waals surface area contributed by atoms with Gasteiger partial charge in [0.25, 0.3) is 17.9 Å². The Morgan fingerprint density at radius 1 is 0.875 bits per heavy atom. The zero-order valence-corrected chi connectivity index (χ0v) is 7.85. The van der Waals surface area contributed by atoms with Crippen LogP contribution in [0.3, 0.4) is 0 Å². The Kier molecular flexibility index (Phi) is 3.11. The first-order valence-electron chi connectivity index (χ1n) is 4.28. The van der Waals surface area contributed by atoms with Gasteiger partial charge in [-0.25, -0.2) is 0 Å². The standard InChI is InChI=1S/C6H7N3O7/c10-6-4(8(13)14)1-3(7(11)12)2-5(6)9(15)16/h3-5H,1-2H2. The van der Waals surface area contributed by atoms with Gasteiger partial charge in [-0.05, 0) is 0 Å². The fourth-order valence-corrected chi connectivity index (χ4v) is 1.62. The van der Waals surface area contributed by atoms with Gasteiger partial charge in [0.15, 0.2) is 0 Å². The smallest absolute Gasteiger partial charge is 0.284 e. The van der Waals surface area contributed by atoms with Crippen LogP contribution in [0.15, 0.2) is 0 Å². The van der Waals surface area contributed by atoms with Crippen LogP contribution < -0.4 is 0 Å². The molecule has 0 saturated heterocycles. The monoisotopic (exact) mass is 233 g/mol. The highest BCUT2D eigenvalue weighted by Crippen LogP contribution is 2.22. The highest BCUT2D eigenvalue weighted by molar-refractivity contribution is 5.87. The van der Waals surface area contributed by atoms with Crippen molar-refractivity contribution in [3.8, 4) is 0 Å². The van der Waals surface area contributed by atoms with Crippen LogP contribution in [0, 0.1) is 30.3 Å². The van der Waals surface area contributed by atoms with E-state index in [4.69, 9.17) is 0 Å². The van der Waals surface area contributed by atoms with Crippen molar-refractivity contribution in [2.75, 3.05) is 0 Å². The van der Waals surface area contributed by atoms with E-state index in [1.165, 1.54) is 0 Å². The lowest BCUT2D eigenvalue weighted by Gasteiger charge is -2.19. The highest BCUT2D eigenvalue weighted by Gasteiger charge is 2.53. The van der Waals surface area contributed by atoms with Crippen LogP contribution in [0.4, 0.5) is 0 Å². The minimum atomic E-state index is -1.85. The Bertz CT molecular complexity index is 341. The molecule has 88 valence electrons. The summed E-state index contributed by atoms with van der Waals surface area (Å²) in [6.45, 7) is 0. The van der Waals surface area contributed by atoms with Crippen LogP contribution in [0.1, 0.15) is 12.8 Å². The van der Waals surface area contributed by atoms with Gasteiger partial charge in [0.05, 0.1) is 12.8 Å². The molecule has 0 aromatic carbocycles. The number of carbonyl (C=O) groups excluding carboxylic acids is 1. The van der Waals surface area contributed by atoms with Gasteiger partial charge < -0.3 is 0 Å². The molecule has 1 rings (SSSR count). The number of ketones is 1. The SMILES string of the molecule is O=C1C([N+](=O)[O-])CC([N+](=O)[O-])CC1[N+](=O)[O-]. The lowest BCUT2D eigenvalue weighted by molar-refractivity contribution is -0.582. The van der Waals surface area contributed by atoms with Gasteiger partial charge in [-0.1, -0.05) is 0 Å². The third kappa shape index (κ3) is 2.10. The number of nitrogens with zero attached hydrogens (tertiary/aromatic N) is 3. The molecule has 0 N–H and O–H groups in total. The van der Waals surface area contributed by atoms with Gasteiger partial charge in [0.2, 0.25) is 6.04 Å². The Morgan fingerprint density at radius 3 is 1.50 bits per heavy atom.